The number of benzene rings is 2. The van der Waals surface area contributed by atoms with E-state index < -0.39 is 0 Å². The summed E-state index contributed by atoms with van der Waals surface area (Å²) in [4.78, 5) is 15.7. The summed E-state index contributed by atoms with van der Waals surface area (Å²) in [5.74, 6) is 0.0813. The number of hydrogen-bond acceptors (Lipinski definition) is 2. The van der Waals surface area contributed by atoms with Gasteiger partial charge in [0.15, 0.2) is 0 Å². The van der Waals surface area contributed by atoms with Crippen LogP contribution in [0.4, 0.5) is 5.69 Å². The topological polar surface area (TPSA) is 20.3 Å². The molecule has 2 aromatic rings. The van der Waals surface area contributed by atoms with Crippen molar-refractivity contribution in [3.8, 4) is 0 Å². The summed E-state index contributed by atoms with van der Waals surface area (Å²) in [7, 11) is 0. The van der Waals surface area contributed by atoms with Crippen LogP contribution in [-0.4, -0.2) is 12.5 Å². The van der Waals surface area contributed by atoms with Crippen molar-refractivity contribution in [3.05, 3.63) is 59.2 Å². The van der Waals surface area contributed by atoms with E-state index in [0.29, 0.717) is 0 Å². The maximum absolute atomic E-state index is 13.0. The predicted octanol–water partition coefficient (Wildman–Crippen LogP) is 4.27. The van der Waals surface area contributed by atoms with Crippen molar-refractivity contribution in [1.29, 1.82) is 0 Å². The lowest BCUT2D eigenvalue weighted by Crippen LogP contribution is -2.32. The van der Waals surface area contributed by atoms with Gasteiger partial charge >= 0.3 is 0 Å². The largest absolute Gasteiger partial charge is 0.308 e. The minimum atomic E-state index is 0.0813. The number of aryl methyl sites for hydroxylation is 2. The van der Waals surface area contributed by atoms with Gasteiger partial charge in [0, 0.05) is 22.7 Å². The lowest BCUT2D eigenvalue weighted by molar-refractivity contribution is 0.0986. The Labute approximate surface area is 131 Å². The van der Waals surface area contributed by atoms with Crippen molar-refractivity contribution in [2.24, 2.45) is 0 Å². The van der Waals surface area contributed by atoms with Crippen molar-refractivity contribution in [2.75, 3.05) is 11.4 Å². The molecule has 1 heterocycles. The molecule has 0 fully saturated rings. The van der Waals surface area contributed by atoms with Crippen molar-refractivity contribution in [1.82, 2.24) is 0 Å². The van der Waals surface area contributed by atoms with E-state index in [9.17, 15) is 4.79 Å². The minimum absolute atomic E-state index is 0.0813. The number of carbonyl (C=O) groups excluding carboxylic acids is 1. The van der Waals surface area contributed by atoms with Gasteiger partial charge in [0.1, 0.15) is 0 Å². The summed E-state index contributed by atoms with van der Waals surface area (Å²) >= 11 is 4.37. The van der Waals surface area contributed by atoms with E-state index in [1.165, 1.54) is 5.56 Å². The number of carbonyl (C=O) groups is 1. The van der Waals surface area contributed by atoms with E-state index in [2.05, 4.69) is 24.8 Å². The summed E-state index contributed by atoms with van der Waals surface area (Å²) in [5.41, 5.74) is 4.07. The van der Waals surface area contributed by atoms with Crippen molar-refractivity contribution in [2.45, 2.75) is 31.1 Å². The summed E-state index contributed by atoms with van der Waals surface area (Å²) < 4.78 is 0. The van der Waals surface area contributed by atoms with Crippen molar-refractivity contribution < 1.29 is 4.79 Å². The van der Waals surface area contributed by atoms with Crippen LogP contribution in [0, 0.1) is 6.92 Å². The van der Waals surface area contributed by atoms with Crippen molar-refractivity contribution in [3.63, 3.8) is 0 Å². The molecule has 1 aliphatic rings. The molecular weight excluding hydrogens is 278 g/mol. The number of nitrogens with zero attached hydrogens (tertiary/aromatic N) is 1. The Morgan fingerprint density at radius 1 is 1.14 bits per heavy atom. The molecular formula is C18H19NOS. The van der Waals surface area contributed by atoms with Crippen LogP contribution in [0.3, 0.4) is 0 Å². The molecule has 0 unspecified atom stereocenters. The summed E-state index contributed by atoms with van der Waals surface area (Å²) in [6.07, 6.45) is 3.22. The van der Waals surface area contributed by atoms with Crippen LogP contribution in [-0.2, 0) is 6.42 Å². The molecule has 0 aliphatic carbocycles. The zero-order valence-electron chi connectivity index (χ0n) is 12.2. The highest BCUT2D eigenvalue weighted by atomic mass is 32.1. The fourth-order valence-corrected chi connectivity index (χ4v) is 3.09. The fraction of sp³-hybridized carbons (Fsp3) is 0.278. The molecule has 0 bridgehead atoms. The average Bonchev–Trinajstić information content (AvgIpc) is 2.71. The molecule has 0 spiro atoms. The third-order valence-corrected chi connectivity index (χ3v) is 4.34. The molecule has 0 radical (unpaired) electrons. The van der Waals surface area contributed by atoms with Gasteiger partial charge in [-0.25, -0.2) is 0 Å². The molecule has 1 aliphatic heterocycles. The normalized spacial score (nSPS) is 14.5. The summed E-state index contributed by atoms with van der Waals surface area (Å²) in [5, 5.41) is 0. The third-order valence-electron chi connectivity index (χ3n) is 4.06. The quantitative estimate of drug-likeness (QED) is 0.780. The lowest BCUT2D eigenvalue weighted by atomic mass is 10.1. The van der Waals surface area contributed by atoms with E-state index >= 15 is 0 Å². The summed E-state index contributed by atoms with van der Waals surface area (Å²) in [6, 6.07) is 14.0. The van der Waals surface area contributed by atoms with Crippen LogP contribution in [0.25, 0.3) is 0 Å². The van der Waals surface area contributed by atoms with Gasteiger partial charge in [0.05, 0.1) is 0 Å². The first kappa shape index (κ1) is 14.2. The van der Waals surface area contributed by atoms with Crippen molar-refractivity contribution >= 4 is 24.2 Å². The van der Waals surface area contributed by atoms with Crippen LogP contribution in [0.2, 0.25) is 0 Å². The molecule has 0 saturated carbocycles. The number of para-hydroxylation sites is 1. The maximum Gasteiger partial charge on any atom is 0.258 e. The molecule has 21 heavy (non-hydrogen) atoms. The van der Waals surface area contributed by atoms with Gasteiger partial charge in [-0.3, -0.25) is 4.79 Å². The Kier molecular flexibility index (Phi) is 4.02. The average molecular weight is 297 g/mol. The van der Waals surface area contributed by atoms with Crippen LogP contribution < -0.4 is 4.90 Å². The Balaban J connectivity index is 2.03. The molecule has 2 aromatic carbocycles. The van der Waals surface area contributed by atoms with E-state index in [1.807, 2.05) is 42.2 Å². The van der Waals surface area contributed by atoms with Gasteiger partial charge in [-0.1, -0.05) is 24.3 Å². The van der Waals surface area contributed by atoms with Crippen LogP contribution in [0.5, 0.6) is 0 Å². The Hall–Kier alpha value is -1.74. The smallest absolute Gasteiger partial charge is 0.258 e. The predicted molar refractivity (Wildman–Crippen MR) is 89.5 cm³/mol. The Morgan fingerprint density at radius 2 is 1.95 bits per heavy atom. The van der Waals surface area contributed by atoms with Gasteiger partial charge < -0.3 is 4.90 Å². The highest BCUT2D eigenvalue weighted by molar-refractivity contribution is 7.80. The Bertz CT molecular complexity index is 681. The van der Waals surface area contributed by atoms with Gasteiger partial charge in [-0.15, -0.1) is 12.6 Å². The third kappa shape index (κ3) is 2.84. The molecule has 1 amide bonds. The SMILES string of the molecule is Cc1ccc(S)cc1C(=O)N1CCCCc2ccccc21. The van der Waals surface area contributed by atoms with Crippen LogP contribution in [0.15, 0.2) is 47.4 Å². The number of amides is 1. The van der Waals surface area contributed by atoms with Gasteiger partial charge in [-0.05, 0) is 55.5 Å². The first-order valence-corrected chi connectivity index (χ1v) is 7.81. The summed E-state index contributed by atoms with van der Waals surface area (Å²) in [6.45, 7) is 2.76. The molecule has 0 aromatic heterocycles. The monoisotopic (exact) mass is 297 g/mol. The second-order valence-electron chi connectivity index (χ2n) is 5.54. The standard InChI is InChI=1S/C18H19NOS/c1-13-9-10-15(21)12-16(13)18(20)19-11-5-4-7-14-6-2-3-8-17(14)19/h2-3,6,8-10,12,21H,4-5,7,11H2,1H3. The molecule has 3 rings (SSSR count). The molecule has 0 N–H and O–H groups in total. The molecule has 2 nitrogen and oxygen atoms in total. The first-order valence-electron chi connectivity index (χ1n) is 7.36. The Morgan fingerprint density at radius 3 is 2.81 bits per heavy atom. The highest BCUT2D eigenvalue weighted by Gasteiger charge is 2.23. The van der Waals surface area contributed by atoms with Crippen LogP contribution in [0.1, 0.15) is 34.3 Å². The van der Waals surface area contributed by atoms with Crippen LogP contribution >= 0.6 is 12.6 Å². The number of hydrogen-bond donors (Lipinski definition) is 1. The number of thiol groups is 1. The maximum atomic E-state index is 13.0. The molecule has 0 saturated heterocycles. The molecule has 0 atom stereocenters. The number of rotatable bonds is 1. The molecule has 108 valence electrons. The van der Waals surface area contributed by atoms with Gasteiger partial charge in [0.2, 0.25) is 0 Å². The lowest BCUT2D eigenvalue weighted by Gasteiger charge is -2.24. The van der Waals surface area contributed by atoms with E-state index in [1.54, 1.807) is 0 Å². The van der Waals surface area contributed by atoms with E-state index in [4.69, 9.17) is 0 Å². The zero-order valence-corrected chi connectivity index (χ0v) is 13.1. The number of anilines is 1. The molecule has 3 heteroatoms. The zero-order chi connectivity index (χ0) is 14.8. The second kappa shape index (κ2) is 5.94. The van der Waals surface area contributed by atoms with Gasteiger partial charge in [-0.2, -0.15) is 0 Å². The minimum Gasteiger partial charge on any atom is -0.308 e. The first-order chi connectivity index (χ1) is 10.2. The van der Waals surface area contributed by atoms with E-state index in [-0.39, 0.29) is 5.91 Å². The second-order valence-corrected chi connectivity index (χ2v) is 6.06. The highest BCUT2D eigenvalue weighted by Crippen LogP contribution is 2.28. The van der Waals surface area contributed by atoms with Gasteiger partial charge in [0.25, 0.3) is 5.91 Å². The number of fused-ring (bicyclic) bond motifs is 1. The fourth-order valence-electron chi connectivity index (χ4n) is 2.89. The van der Waals surface area contributed by atoms with E-state index in [0.717, 1.165) is 47.5 Å².